The van der Waals surface area contributed by atoms with Crippen molar-refractivity contribution in [2.75, 3.05) is 10.6 Å². The summed E-state index contributed by atoms with van der Waals surface area (Å²) in [7, 11) is 0. The van der Waals surface area contributed by atoms with Crippen LogP contribution >= 0.6 is 23.8 Å². The van der Waals surface area contributed by atoms with E-state index in [0.29, 0.717) is 22.2 Å². The highest BCUT2D eigenvalue weighted by atomic mass is 35.5. The average Bonchev–Trinajstić information content (AvgIpc) is 2.86. The molecule has 0 bridgehead atoms. The highest BCUT2D eigenvalue weighted by molar-refractivity contribution is 7.80. The molecule has 0 aliphatic carbocycles. The molecule has 0 unspecified atom stereocenters. The van der Waals surface area contributed by atoms with E-state index >= 15 is 0 Å². The van der Waals surface area contributed by atoms with Crippen LogP contribution in [0, 0.1) is 19.7 Å². The van der Waals surface area contributed by atoms with Crippen molar-refractivity contribution < 1.29 is 4.39 Å². The minimum atomic E-state index is -0.245. The van der Waals surface area contributed by atoms with Crippen LogP contribution in [-0.2, 0) is 6.54 Å². The Kier molecular flexibility index (Phi) is 5.54. The number of nitrogens with zero attached hydrogens (tertiary/aromatic N) is 2. The van der Waals surface area contributed by atoms with Gasteiger partial charge in [0.1, 0.15) is 5.82 Å². The van der Waals surface area contributed by atoms with Crippen molar-refractivity contribution in [3.8, 4) is 0 Å². The summed E-state index contributed by atoms with van der Waals surface area (Å²) in [6.07, 6.45) is 0. The Morgan fingerprint density at radius 2 is 1.81 bits per heavy atom. The molecule has 3 rings (SSSR count). The molecule has 0 saturated heterocycles. The molecule has 134 valence electrons. The number of anilines is 2. The predicted molar refractivity (Wildman–Crippen MR) is 108 cm³/mol. The van der Waals surface area contributed by atoms with Gasteiger partial charge in [0.2, 0.25) is 0 Å². The Balaban J connectivity index is 1.77. The van der Waals surface area contributed by atoms with E-state index in [2.05, 4.69) is 15.7 Å². The van der Waals surface area contributed by atoms with Gasteiger partial charge in [0.25, 0.3) is 0 Å². The van der Waals surface area contributed by atoms with E-state index in [9.17, 15) is 4.39 Å². The molecule has 1 heterocycles. The number of rotatable bonds is 4. The van der Waals surface area contributed by atoms with Gasteiger partial charge in [-0.05, 0) is 44.3 Å². The summed E-state index contributed by atoms with van der Waals surface area (Å²) < 4.78 is 15.7. The Bertz CT molecular complexity index is 954. The highest BCUT2D eigenvalue weighted by Gasteiger charge is 2.14. The lowest BCUT2D eigenvalue weighted by Gasteiger charge is -2.12. The normalized spacial score (nSPS) is 10.6. The minimum Gasteiger partial charge on any atom is -0.331 e. The van der Waals surface area contributed by atoms with E-state index in [0.717, 1.165) is 22.8 Å². The van der Waals surface area contributed by atoms with Gasteiger partial charge in [-0.2, -0.15) is 5.10 Å². The first kappa shape index (κ1) is 18.4. The summed E-state index contributed by atoms with van der Waals surface area (Å²) in [5.41, 5.74) is 3.75. The van der Waals surface area contributed by atoms with Gasteiger partial charge in [0, 0.05) is 5.56 Å². The maximum absolute atomic E-state index is 13.9. The average molecular weight is 389 g/mol. The number of thiocarbonyl (C=S) groups is 1. The van der Waals surface area contributed by atoms with Crippen molar-refractivity contribution in [2.45, 2.75) is 20.4 Å². The maximum atomic E-state index is 13.9. The van der Waals surface area contributed by atoms with Crippen molar-refractivity contribution in [2.24, 2.45) is 0 Å². The molecule has 0 radical (unpaired) electrons. The molecule has 7 heteroatoms. The molecule has 1 aromatic heterocycles. The summed E-state index contributed by atoms with van der Waals surface area (Å²) in [5.74, 6) is -0.245. The first-order valence-electron chi connectivity index (χ1n) is 8.05. The standard InChI is InChI=1S/C19H18ClFN4S/c1-12-18(23-19(26)22-17-10-6-4-8-15(17)20)13(2)25(24-12)11-14-7-3-5-9-16(14)21/h3-10H,11H2,1-2H3,(H2,22,23,26). The van der Waals surface area contributed by atoms with Crippen LogP contribution in [0.25, 0.3) is 0 Å². The number of para-hydroxylation sites is 1. The zero-order chi connectivity index (χ0) is 18.7. The van der Waals surface area contributed by atoms with Crippen molar-refractivity contribution in [1.29, 1.82) is 0 Å². The molecule has 0 fully saturated rings. The van der Waals surface area contributed by atoms with Crippen molar-refractivity contribution in [3.05, 3.63) is 76.3 Å². The minimum absolute atomic E-state index is 0.245. The van der Waals surface area contributed by atoms with Crippen LogP contribution in [0.15, 0.2) is 48.5 Å². The van der Waals surface area contributed by atoms with E-state index in [-0.39, 0.29) is 5.82 Å². The van der Waals surface area contributed by atoms with E-state index in [1.165, 1.54) is 6.07 Å². The van der Waals surface area contributed by atoms with Crippen LogP contribution in [0.2, 0.25) is 5.02 Å². The molecule has 0 saturated carbocycles. The van der Waals surface area contributed by atoms with Crippen molar-refractivity contribution >= 4 is 40.3 Å². The number of halogens is 2. The van der Waals surface area contributed by atoms with Crippen LogP contribution in [0.1, 0.15) is 17.0 Å². The van der Waals surface area contributed by atoms with Gasteiger partial charge in [-0.25, -0.2) is 4.39 Å². The van der Waals surface area contributed by atoms with Gasteiger partial charge in [0.05, 0.1) is 34.3 Å². The third-order valence-electron chi connectivity index (χ3n) is 4.02. The second-order valence-corrected chi connectivity index (χ2v) is 6.67. The number of hydrogen-bond donors (Lipinski definition) is 2. The lowest BCUT2D eigenvalue weighted by atomic mass is 10.2. The van der Waals surface area contributed by atoms with Gasteiger partial charge < -0.3 is 10.6 Å². The number of aryl methyl sites for hydroxylation is 1. The molecule has 0 spiro atoms. The number of aromatic nitrogens is 2. The number of nitrogens with one attached hydrogen (secondary N) is 2. The molecule has 0 aliphatic rings. The molecular formula is C19H18ClFN4S. The van der Waals surface area contributed by atoms with Crippen LogP contribution in [0.5, 0.6) is 0 Å². The summed E-state index contributed by atoms with van der Waals surface area (Å²) >= 11 is 11.5. The molecule has 0 atom stereocenters. The Hall–Kier alpha value is -2.44. The first-order valence-corrected chi connectivity index (χ1v) is 8.84. The second-order valence-electron chi connectivity index (χ2n) is 5.85. The van der Waals surface area contributed by atoms with Crippen molar-refractivity contribution in [3.63, 3.8) is 0 Å². The van der Waals surface area contributed by atoms with Gasteiger partial charge in [-0.15, -0.1) is 0 Å². The smallest absolute Gasteiger partial charge is 0.175 e. The maximum Gasteiger partial charge on any atom is 0.175 e. The van der Waals surface area contributed by atoms with Gasteiger partial charge in [0.15, 0.2) is 5.11 Å². The zero-order valence-corrected chi connectivity index (χ0v) is 16.0. The van der Waals surface area contributed by atoms with Crippen molar-refractivity contribution in [1.82, 2.24) is 9.78 Å². The van der Waals surface area contributed by atoms with Gasteiger partial charge in [-0.3, -0.25) is 4.68 Å². The SMILES string of the molecule is Cc1nn(Cc2ccccc2F)c(C)c1NC(=S)Nc1ccccc1Cl. The van der Waals surface area contributed by atoms with Gasteiger partial charge in [-0.1, -0.05) is 41.9 Å². The fourth-order valence-corrected chi connectivity index (χ4v) is 3.04. The molecule has 0 aliphatic heterocycles. The fraction of sp³-hybridized carbons (Fsp3) is 0.158. The third kappa shape index (κ3) is 4.03. The highest BCUT2D eigenvalue weighted by Crippen LogP contribution is 2.23. The Labute approximate surface area is 162 Å². The first-order chi connectivity index (χ1) is 12.5. The summed E-state index contributed by atoms with van der Waals surface area (Å²) in [5, 5.41) is 11.7. The molecular weight excluding hydrogens is 371 g/mol. The van der Waals surface area contributed by atoms with Crippen LogP contribution in [0.3, 0.4) is 0 Å². The molecule has 4 nitrogen and oxygen atoms in total. The summed E-state index contributed by atoms with van der Waals surface area (Å²) in [4.78, 5) is 0. The number of benzene rings is 2. The lowest BCUT2D eigenvalue weighted by molar-refractivity contribution is 0.579. The zero-order valence-electron chi connectivity index (χ0n) is 14.4. The van der Waals surface area contributed by atoms with Gasteiger partial charge >= 0.3 is 0 Å². The third-order valence-corrected chi connectivity index (χ3v) is 4.55. The molecule has 2 N–H and O–H groups in total. The molecule has 0 amide bonds. The quantitative estimate of drug-likeness (QED) is 0.606. The predicted octanol–water partition coefficient (Wildman–Crippen LogP) is 5.15. The van der Waals surface area contributed by atoms with E-state index in [4.69, 9.17) is 23.8 Å². The lowest BCUT2D eigenvalue weighted by Crippen LogP contribution is -2.20. The Morgan fingerprint density at radius 3 is 2.54 bits per heavy atom. The molecule has 2 aromatic carbocycles. The van der Waals surface area contributed by atoms with E-state index < -0.39 is 0 Å². The topological polar surface area (TPSA) is 41.9 Å². The van der Waals surface area contributed by atoms with E-state index in [1.54, 1.807) is 22.9 Å². The molecule has 26 heavy (non-hydrogen) atoms. The monoisotopic (exact) mass is 388 g/mol. The largest absolute Gasteiger partial charge is 0.331 e. The fourth-order valence-electron chi connectivity index (χ4n) is 2.65. The van der Waals surface area contributed by atoms with Crippen LogP contribution in [0.4, 0.5) is 15.8 Å². The van der Waals surface area contributed by atoms with E-state index in [1.807, 2.05) is 38.1 Å². The summed E-state index contributed by atoms with van der Waals surface area (Å²) in [6, 6.07) is 14.0. The molecule has 3 aromatic rings. The Morgan fingerprint density at radius 1 is 1.12 bits per heavy atom. The summed E-state index contributed by atoms with van der Waals surface area (Å²) in [6.45, 7) is 4.15. The second kappa shape index (κ2) is 7.85. The van der Waals surface area contributed by atoms with Crippen LogP contribution < -0.4 is 10.6 Å². The van der Waals surface area contributed by atoms with Crippen LogP contribution in [-0.4, -0.2) is 14.9 Å². The number of hydrogen-bond acceptors (Lipinski definition) is 2.